The van der Waals surface area contributed by atoms with Crippen molar-refractivity contribution in [3.8, 4) is 5.75 Å². The van der Waals surface area contributed by atoms with Crippen molar-refractivity contribution in [2.75, 3.05) is 0 Å². The smallest absolute Gasteiger partial charge is 0.261 e. The Balaban J connectivity index is 1.63. The third kappa shape index (κ3) is 4.26. The summed E-state index contributed by atoms with van der Waals surface area (Å²) >= 11 is 5.85. The molecule has 1 amide bonds. The molecule has 1 aliphatic carbocycles. The van der Waals surface area contributed by atoms with Crippen molar-refractivity contribution >= 4 is 17.5 Å². The molecule has 0 aliphatic heterocycles. The van der Waals surface area contributed by atoms with Crippen molar-refractivity contribution in [3.05, 3.63) is 65.2 Å². The lowest BCUT2D eigenvalue weighted by atomic mass is 10.0. The second-order valence-electron chi connectivity index (χ2n) is 5.95. The van der Waals surface area contributed by atoms with Gasteiger partial charge in [0.1, 0.15) is 5.75 Å². The van der Waals surface area contributed by atoms with Crippen molar-refractivity contribution in [1.82, 2.24) is 5.32 Å². The zero-order valence-electron chi connectivity index (χ0n) is 13.0. The molecule has 1 N–H and O–H groups in total. The molecule has 2 aromatic rings. The van der Waals surface area contributed by atoms with Crippen LogP contribution in [0.4, 0.5) is 0 Å². The number of benzene rings is 2. The van der Waals surface area contributed by atoms with E-state index < -0.39 is 6.10 Å². The largest absolute Gasteiger partial charge is 0.481 e. The van der Waals surface area contributed by atoms with Crippen LogP contribution in [-0.4, -0.2) is 12.0 Å². The van der Waals surface area contributed by atoms with E-state index >= 15 is 0 Å². The second-order valence-corrected chi connectivity index (χ2v) is 6.38. The van der Waals surface area contributed by atoms with E-state index in [2.05, 4.69) is 17.4 Å². The predicted molar refractivity (Wildman–Crippen MR) is 91.6 cm³/mol. The van der Waals surface area contributed by atoms with Gasteiger partial charge < -0.3 is 10.1 Å². The van der Waals surface area contributed by atoms with Crippen LogP contribution in [0.2, 0.25) is 5.02 Å². The topological polar surface area (TPSA) is 38.3 Å². The van der Waals surface area contributed by atoms with Crippen LogP contribution >= 0.6 is 11.6 Å². The van der Waals surface area contributed by atoms with Crippen molar-refractivity contribution < 1.29 is 9.53 Å². The minimum absolute atomic E-state index is 0.0694. The van der Waals surface area contributed by atoms with Gasteiger partial charge in [0.2, 0.25) is 0 Å². The normalized spacial score (nSPS) is 16.4. The van der Waals surface area contributed by atoms with Gasteiger partial charge in [-0.25, -0.2) is 0 Å². The maximum atomic E-state index is 12.5. The molecule has 1 fully saturated rings. The third-order valence-electron chi connectivity index (χ3n) is 4.05. The monoisotopic (exact) mass is 329 g/mol. The van der Waals surface area contributed by atoms with Crippen molar-refractivity contribution in [3.63, 3.8) is 0 Å². The molecule has 1 saturated carbocycles. The summed E-state index contributed by atoms with van der Waals surface area (Å²) < 4.78 is 5.70. The molecule has 0 saturated heterocycles. The van der Waals surface area contributed by atoms with Crippen LogP contribution in [-0.2, 0) is 4.79 Å². The minimum Gasteiger partial charge on any atom is -0.481 e. The molecule has 0 spiro atoms. The second kappa shape index (κ2) is 7.05. The molecule has 2 aromatic carbocycles. The van der Waals surface area contributed by atoms with Gasteiger partial charge in [0.25, 0.3) is 5.91 Å². The van der Waals surface area contributed by atoms with E-state index in [-0.39, 0.29) is 11.9 Å². The van der Waals surface area contributed by atoms with Crippen LogP contribution in [0.1, 0.15) is 31.4 Å². The van der Waals surface area contributed by atoms with Crippen LogP contribution in [0.15, 0.2) is 54.6 Å². The first kappa shape index (κ1) is 15.9. The maximum absolute atomic E-state index is 12.5. The molecule has 0 unspecified atom stereocenters. The van der Waals surface area contributed by atoms with Crippen molar-refractivity contribution in [1.29, 1.82) is 0 Å². The van der Waals surface area contributed by atoms with Gasteiger partial charge in [0, 0.05) is 5.02 Å². The number of carbonyl (C=O) groups is 1. The fourth-order valence-corrected chi connectivity index (χ4v) is 2.73. The summed E-state index contributed by atoms with van der Waals surface area (Å²) in [6, 6.07) is 17.2. The highest BCUT2D eigenvalue weighted by Gasteiger charge is 2.34. The third-order valence-corrected chi connectivity index (χ3v) is 4.30. The summed E-state index contributed by atoms with van der Waals surface area (Å²) in [5.41, 5.74) is 1.15. The van der Waals surface area contributed by atoms with Gasteiger partial charge in [0.05, 0.1) is 6.04 Å². The SMILES string of the molecule is C[C@@H](Oc1ccc(Cl)cc1)C(=O)N[C@@H](c1ccccc1)C1CC1. The zero-order chi connectivity index (χ0) is 16.2. The van der Waals surface area contributed by atoms with Crippen molar-refractivity contribution in [2.45, 2.75) is 31.9 Å². The van der Waals surface area contributed by atoms with Crippen LogP contribution < -0.4 is 10.1 Å². The van der Waals surface area contributed by atoms with E-state index in [0.717, 1.165) is 18.4 Å². The number of hydrogen-bond acceptors (Lipinski definition) is 2. The Hall–Kier alpha value is -2.00. The summed E-state index contributed by atoms with van der Waals surface area (Å²) in [6.07, 6.45) is 1.76. The molecule has 0 radical (unpaired) electrons. The van der Waals surface area contributed by atoms with E-state index in [1.165, 1.54) is 0 Å². The van der Waals surface area contributed by atoms with Gasteiger partial charge in [-0.1, -0.05) is 41.9 Å². The Morgan fingerprint density at radius 3 is 2.39 bits per heavy atom. The molecule has 2 atom stereocenters. The van der Waals surface area contributed by atoms with E-state index in [1.54, 1.807) is 31.2 Å². The number of carbonyl (C=O) groups excluding carboxylic acids is 1. The summed E-state index contributed by atoms with van der Waals surface area (Å²) in [5.74, 6) is 1.07. The van der Waals surface area contributed by atoms with E-state index in [4.69, 9.17) is 16.3 Å². The fraction of sp³-hybridized carbons (Fsp3) is 0.316. The van der Waals surface area contributed by atoms with Crippen LogP contribution in [0.3, 0.4) is 0 Å². The summed E-state index contributed by atoms with van der Waals surface area (Å²) in [5, 5.41) is 3.78. The predicted octanol–water partition coefficient (Wildman–Crippen LogP) is 4.37. The number of hydrogen-bond donors (Lipinski definition) is 1. The van der Waals surface area contributed by atoms with E-state index in [0.29, 0.717) is 16.7 Å². The lowest BCUT2D eigenvalue weighted by Crippen LogP contribution is -2.39. The Labute approximate surface area is 141 Å². The average molecular weight is 330 g/mol. The van der Waals surface area contributed by atoms with Gasteiger partial charge in [-0.2, -0.15) is 0 Å². The van der Waals surface area contributed by atoms with Crippen LogP contribution in [0.5, 0.6) is 5.75 Å². The summed E-state index contributed by atoms with van der Waals surface area (Å²) in [7, 11) is 0. The Morgan fingerprint density at radius 1 is 1.13 bits per heavy atom. The highest BCUT2D eigenvalue weighted by molar-refractivity contribution is 6.30. The fourth-order valence-electron chi connectivity index (χ4n) is 2.60. The number of rotatable bonds is 6. The standard InChI is InChI=1S/C19H20ClNO2/c1-13(23-17-11-9-16(20)10-12-17)19(22)21-18(15-7-8-15)14-5-3-2-4-6-14/h2-6,9-13,15,18H,7-8H2,1H3,(H,21,22)/t13-,18+/m1/s1. The molecule has 1 aliphatic rings. The van der Waals surface area contributed by atoms with Gasteiger partial charge in [-0.3, -0.25) is 4.79 Å². The number of halogens is 1. The van der Waals surface area contributed by atoms with Gasteiger partial charge in [-0.15, -0.1) is 0 Å². The van der Waals surface area contributed by atoms with E-state index in [1.807, 2.05) is 18.2 Å². The highest BCUT2D eigenvalue weighted by atomic mass is 35.5. The average Bonchev–Trinajstić information content (AvgIpc) is 3.40. The molecule has 0 bridgehead atoms. The minimum atomic E-state index is -0.555. The first-order chi connectivity index (χ1) is 11.1. The molecule has 0 aromatic heterocycles. The molecule has 3 nitrogen and oxygen atoms in total. The summed E-state index contributed by atoms with van der Waals surface area (Å²) in [4.78, 5) is 12.5. The van der Waals surface area contributed by atoms with Crippen LogP contribution in [0.25, 0.3) is 0 Å². The lowest BCUT2D eigenvalue weighted by molar-refractivity contribution is -0.128. The molecular weight excluding hydrogens is 310 g/mol. The number of ether oxygens (including phenoxy) is 1. The summed E-state index contributed by atoms with van der Waals surface area (Å²) in [6.45, 7) is 1.76. The van der Waals surface area contributed by atoms with Crippen LogP contribution in [0, 0.1) is 5.92 Å². The molecule has 0 heterocycles. The van der Waals surface area contributed by atoms with Crippen molar-refractivity contribution in [2.24, 2.45) is 5.92 Å². The van der Waals surface area contributed by atoms with Gasteiger partial charge >= 0.3 is 0 Å². The molecule has 120 valence electrons. The first-order valence-electron chi connectivity index (χ1n) is 7.91. The Morgan fingerprint density at radius 2 is 1.78 bits per heavy atom. The van der Waals surface area contributed by atoms with Gasteiger partial charge in [0.15, 0.2) is 6.10 Å². The first-order valence-corrected chi connectivity index (χ1v) is 8.29. The lowest BCUT2D eigenvalue weighted by Gasteiger charge is -2.22. The number of amides is 1. The molecule has 23 heavy (non-hydrogen) atoms. The Bertz CT molecular complexity index is 653. The molecule has 3 rings (SSSR count). The highest BCUT2D eigenvalue weighted by Crippen LogP contribution is 2.41. The molecular formula is C19H20ClNO2. The Kier molecular flexibility index (Phi) is 4.87. The quantitative estimate of drug-likeness (QED) is 0.854. The molecule has 4 heteroatoms. The zero-order valence-corrected chi connectivity index (χ0v) is 13.8. The maximum Gasteiger partial charge on any atom is 0.261 e. The van der Waals surface area contributed by atoms with E-state index in [9.17, 15) is 4.79 Å². The van der Waals surface area contributed by atoms with Gasteiger partial charge in [-0.05, 0) is 55.5 Å². The number of nitrogens with one attached hydrogen (secondary N) is 1.